The second-order valence-corrected chi connectivity index (χ2v) is 6.62. The van der Waals surface area contributed by atoms with Crippen LogP contribution in [0.1, 0.15) is 31.8 Å². The third-order valence-electron chi connectivity index (χ3n) is 4.23. The Morgan fingerprint density at radius 1 is 1.18 bits per heavy atom. The zero-order valence-electron chi connectivity index (χ0n) is 14.8. The normalized spacial score (nSPS) is 13.9. The number of carbonyl (C=O) groups is 2. The number of aryl methyl sites for hydroxylation is 1. The predicted octanol–water partition coefficient (Wildman–Crippen LogP) is 4.88. The summed E-state index contributed by atoms with van der Waals surface area (Å²) in [6, 6.07) is 13.4. The number of ketones is 1. The number of nitrogens with zero attached hydrogens (tertiary/aromatic N) is 1. The molecule has 0 aliphatic carbocycles. The molecule has 2 aromatic carbocycles. The molecular formula is C22H14ClNO4. The first-order valence-corrected chi connectivity index (χ1v) is 8.86. The van der Waals surface area contributed by atoms with Crippen molar-refractivity contribution >= 4 is 29.4 Å². The van der Waals surface area contributed by atoms with Crippen LogP contribution in [0.4, 0.5) is 0 Å². The highest BCUT2D eigenvalue weighted by atomic mass is 35.5. The number of halogens is 1. The lowest BCUT2D eigenvalue weighted by molar-refractivity contribution is 0.0734. The van der Waals surface area contributed by atoms with Crippen LogP contribution in [0.2, 0.25) is 5.02 Å². The number of benzene rings is 2. The SMILES string of the molecule is Cc1cc(OC(=O)c2ccccc2Cl)cc2c1C(=O)/C(=C/c1cccnc1)O2. The molecule has 1 aromatic heterocycles. The third-order valence-corrected chi connectivity index (χ3v) is 4.56. The fraction of sp³-hybridized carbons (Fsp3) is 0.0455. The van der Waals surface area contributed by atoms with Crippen molar-refractivity contribution in [2.24, 2.45) is 0 Å². The lowest BCUT2D eigenvalue weighted by Gasteiger charge is -2.08. The number of pyridine rings is 1. The topological polar surface area (TPSA) is 65.5 Å². The van der Waals surface area contributed by atoms with Crippen molar-refractivity contribution in [2.75, 3.05) is 0 Å². The highest BCUT2D eigenvalue weighted by Gasteiger charge is 2.30. The van der Waals surface area contributed by atoms with Gasteiger partial charge in [-0.3, -0.25) is 9.78 Å². The summed E-state index contributed by atoms with van der Waals surface area (Å²) in [5, 5.41) is 0.304. The van der Waals surface area contributed by atoms with Gasteiger partial charge in [0.05, 0.1) is 16.1 Å². The van der Waals surface area contributed by atoms with E-state index in [1.165, 1.54) is 6.07 Å². The molecule has 0 unspecified atom stereocenters. The fourth-order valence-electron chi connectivity index (χ4n) is 2.94. The van der Waals surface area contributed by atoms with Crippen molar-refractivity contribution in [1.82, 2.24) is 4.98 Å². The minimum absolute atomic E-state index is 0.195. The first kappa shape index (κ1) is 17.9. The Hall–Kier alpha value is -3.44. The van der Waals surface area contributed by atoms with Gasteiger partial charge < -0.3 is 9.47 Å². The second-order valence-electron chi connectivity index (χ2n) is 6.21. The summed E-state index contributed by atoms with van der Waals surface area (Å²) in [5.74, 6) is 0.0140. The number of rotatable bonds is 3. The summed E-state index contributed by atoms with van der Waals surface area (Å²) < 4.78 is 11.2. The van der Waals surface area contributed by atoms with Crippen LogP contribution in [0.5, 0.6) is 11.5 Å². The first-order valence-electron chi connectivity index (χ1n) is 8.48. The molecule has 0 bridgehead atoms. The van der Waals surface area contributed by atoms with E-state index in [9.17, 15) is 9.59 Å². The van der Waals surface area contributed by atoms with Crippen LogP contribution in [-0.2, 0) is 0 Å². The van der Waals surface area contributed by atoms with Gasteiger partial charge in [-0.15, -0.1) is 0 Å². The zero-order valence-corrected chi connectivity index (χ0v) is 15.6. The van der Waals surface area contributed by atoms with Crippen LogP contribution < -0.4 is 9.47 Å². The average Bonchev–Trinajstić information content (AvgIpc) is 2.98. The Morgan fingerprint density at radius 3 is 2.75 bits per heavy atom. The van der Waals surface area contributed by atoms with E-state index in [0.717, 1.165) is 5.56 Å². The van der Waals surface area contributed by atoms with Crippen LogP contribution in [0.15, 0.2) is 66.7 Å². The lowest BCUT2D eigenvalue weighted by atomic mass is 10.0. The van der Waals surface area contributed by atoms with Gasteiger partial charge in [0.15, 0.2) is 5.76 Å². The zero-order chi connectivity index (χ0) is 19.7. The van der Waals surface area contributed by atoms with E-state index in [-0.39, 0.29) is 22.9 Å². The van der Waals surface area contributed by atoms with Crippen LogP contribution >= 0.6 is 11.6 Å². The van der Waals surface area contributed by atoms with Crippen molar-refractivity contribution in [3.8, 4) is 11.5 Å². The largest absolute Gasteiger partial charge is 0.452 e. The number of esters is 1. The number of fused-ring (bicyclic) bond motifs is 1. The summed E-state index contributed by atoms with van der Waals surface area (Å²) in [6.07, 6.45) is 4.92. The van der Waals surface area contributed by atoms with Crippen LogP contribution in [0.25, 0.3) is 6.08 Å². The number of allylic oxidation sites excluding steroid dienone is 1. The van der Waals surface area contributed by atoms with E-state index in [1.54, 1.807) is 61.8 Å². The van der Waals surface area contributed by atoms with Crippen molar-refractivity contribution in [1.29, 1.82) is 0 Å². The molecule has 4 rings (SSSR count). The molecule has 0 fully saturated rings. The van der Waals surface area contributed by atoms with Gasteiger partial charge in [0.1, 0.15) is 11.5 Å². The summed E-state index contributed by atoms with van der Waals surface area (Å²) in [6.45, 7) is 1.76. The molecule has 3 aromatic rings. The highest BCUT2D eigenvalue weighted by Crippen LogP contribution is 2.37. The maximum Gasteiger partial charge on any atom is 0.345 e. The van der Waals surface area contributed by atoms with Crippen LogP contribution in [-0.4, -0.2) is 16.7 Å². The van der Waals surface area contributed by atoms with Crippen molar-refractivity contribution < 1.29 is 19.1 Å². The third kappa shape index (κ3) is 3.40. The molecule has 0 N–H and O–H groups in total. The number of carbonyl (C=O) groups excluding carboxylic acids is 2. The Morgan fingerprint density at radius 2 is 2.00 bits per heavy atom. The Labute approximate surface area is 166 Å². The lowest BCUT2D eigenvalue weighted by Crippen LogP contribution is -2.09. The van der Waals surface area contributed by atoms with Gasteiger partial charge >= 0.3 is 5.97 Å². The van der Waals surface area contributed by atoms with Crippen molar-refractivity contribution in [3.63, 3.8) is 0 Å². The standard InChI is InChI=1S/C22H14ClNO4/c1-13-9-15(27-22(26)16-6-2-3-7-17(16)23)11-18-20(13)21(25)19(28-18)10-14-5-4-8-24-12-14/h2-12H,1H3/b19-10-. The number of hydrogen-bond donors (Lipinski definition) is 0. The molecule has 2 heterocycles. The predicted molar refractivity (Wildman–Crippen MR) is 105 cm³/mol. The number of Topliss-reactive ketones (excluding diaryl/α,β-unsaturated/α-hetero) is 1. The molecule has 0 saturated carbocycles. The summed E-state index contributed by atoms with van der Waals surface area (Å²) in [4.78, 5) is 29.1. The van der Waals surface area contributed by atoms with Gasteiger partial charge in [-0.1, -0.05) is 29.8 Å². The van der Waals surface area contributed by atoms with Crippen molar-refractivity contribution in [3.05, 3.63) is 94.0 Å². The molecule has 28 heavy (non-hydrogen) atoms. The monoisotopic (exact) mass is 391 g/mol. The smallest absolute Gasteiger partial charge is 0.345 e. The molecule has 0 radical (unpaired) electrons. The summed E-state index contributed by atoms with van der Waals surface area (Å²) in [7, 11) is 0. The maximum absolute atomic E-state index is 12.7. The quantitative estimate of drug-likeness (QED) is 0.361. The minimum atomic E-state index is -0.583. The van der Waals surface area contributed by atoms with Crippen LogP contribution in [0, 0.1) is 6.92 Å². The van der Waals surface area contributed by atoms with Gasteiger partial charge in [0.25, 0.3) is 0 Å². The van der Waals surface area contributed by atoms with Gasteiger partial charge in [0, 0.05) is 18.5 Å². The molecule has 0 atom stereocenters. The fourth-order valence-corrected chi connectivity index (χ4v) is 3.15. The first-order chi connectivity index (χ1) is 13.5. The maximum atomic E-state index is 12.7. The molecular weight excluding hydrogens is 378 g/mol. The molecule has 0 spiro atoms. The van der Waals surface area contributed by atoms with E-state index in [1.807, 2.05) is 6.07 Å². The van der Waals surface area contributed by atoms with E-state index in [4.69, 9.17) is 21.1 Å². The Balaban J connectivity index is 1.63. The average molecular weight is 392 g/mol. The molecule has 138 valence electrons. The number of aromatic nitrogens is 1. The van der Waals surface area contributed by atoms with Crippen molar-refractivity contribution in [2.45, 2.75) is 6.92 Å². The van der Waals surface area contributed by atoms with Gasteiger partial charge in [0.2, 0.25) is 5.78 Å². The van der Waals surface area contributed by atoms with Crippen LogP contribution in [0.3, 0.4) is 0 Å². The molecule has 5 nitrogen and oxygen atoms in total. The van der Waals surface area contributed by atoms with E-state index in [2.05, 4.69) is 4.98 Å². The number of ether oxygens (including phenoxy) is 2. The Bertz CT molecular complexity index is 1120. The number of hydrogen-bond acceptors (Lipinski definition) is 5. The molecule has 0 amide bonds. The molecule has 0 saturated heterocycles. The molecule has 1 aliphatic heterocycles. The minimum Gasteiger partial charge on any atom is -0.452 e. The summed E-state index contributed by atoms with van der Waals surface area (Å²) in [5.41, 5.74) is 2.12. The van der Waals surface area contributed by atoms with E-state index in [0.29, 0.717) is 21.9 Å². The van der Waals surface area contributed by atoms with Gasteiger partial charge in [-0.05, 0) is 48.4 Å². The van der Waals surface area contributed by atoms with Gasteiger partial charge in [-0.2, -0.15) is 0 Å². The molecule has 1 aliphatic rings. The van der Waals surface area contributed by atoms with E-state index < -0.39 is 5.97 Å². The van der Waals surface area contributed by atoms with E-state index >= 15 is 0 Å². The summed E-state index contributed by atoms with van der Waals surface area (Å²) >= 11 is 6.04. The second kappa shape index (κ2) is 7.29. The Kier molecular flexibility index (Phi) is 4.67. The highest BCUT2D eigenvalue weighted by molar-refractivity contribution is 6.33. The van der Waals surface area contributed by atoms with Gasteiger partial charge in [-0.25, -0.2) is 4.79 Å². The molecule has 6 heteroatoms.